The van der Waals surface area contributed by atoms with Crippen LogP contribution < -0.4 is 0 Å². The summed E-state index contributed by atoms with van der Waals surface area (Å²) in [4.78, 5) is 16.7. The molecule has 18 rings (SSSR count). The molecule has 0 bridgehead atoms. The summed E-state index contributed by atoms with van der Waals surface area (Å²) in [5.41, 5.74) is 26.6. The van der Waals surface area contributed by atoms with Crippen LogP contribution in [0, 0.1) is 0 Å². The summed E-state index contributed by atoms with van der Waals surface area (Å²) < 4.78 is 5.02. The Hall–Kier alpha value is -12.3. The molecule has 5 heteroatoms. The Balaban J connectivity index is 0.933. The van der Waals surface area contributed by atoms with Gasteiger partial charge in [-0.2, -0.15) is 0 Å². The zero-order valence-corrected chi connectivity index (χ0v) is 50.6. The molecule has 0 N–H and O–H groups in total. The van der Waals surface area contributed by atoms with Crippen LogP contribution in [0.5, 0.6) is 0 Å². The van der Waals surface area contributed by atoms with Crippen LogP contribution in [-0.4, -0.2) is 24.1 Å². The number of para-hydroxylation sites is 2. The van der Waals surface area contributed by atoms with E-state index in [-0.39, 0.29) is 5.92 Å². The van der Waals surface area contributed by atoms with E-state index in [4.69, 9.17) is 15.0 Å². The fraction of sp³-hybridized carbons (Fsp3) is 0.0114. The summed E-state index contributed by atoms with van der Waals surface area (Å²) in [6.07, 6.45) is 0. The van der Waals surface area contributed by atoms with E-state index >= 15 is 0 Å². The fourth-order valence-electron chi connectivity index (χ4n) is 14.6. The largest absolute Gasteiger partial charge is 0.309 e. The third kappa shape index (κ3) is 9.20. The minimum Gasteiger partial charge on any atom is -0.309 e. The van der Waals surface area contributed by atoms with Crippen LogP contribution in [0.2, 0.25) is 0 Å². The van der Waals surface area contributed by atoms with Gasteiger partial charge in [-0.3, -0.25) is 0 Å². The number of benzene rings is 14. The predicted molar refractivity (Wildman–Crippen MR) is 385 cm³/mol. The minimum absolute atomic E-state index is 0.000608. The van der Waals surface area contributed by atoms with Crippen molar-refractivity contribution in [2.24, 2.45) is 0 Å². The van der Waals surface area contributed by atoms with E-state index in [0.717, 1.165) is 106 Å². The van der Waals surface area contributed by atoms with Gasteiger partial charge >= 0.3 is 0 Å². The summed E-state index contributed by atoms with van der Waals surface area (Å²) in [6.45, 7) is 0. The molecule has 0 radical (unpaired) electrons. The topological polar surface area (TPSA) is 48.5 Å². The van der Waals surface area contributed by atoms with E-state index in [0.29, 0.717) is 17.5 Å². The number of hydrogen-bond acceptors (Lipinski definition) is 3. The lowest BCUT2D eigenvalue weighted by Crippen LogP contribution is -2.05. The van der Waals surface area contributed by atoms with Gasteiger partial charge in [0.05, 0.1) is 27.8 Å². The molecule has 0 fully saturated rings. The molecule has 0 amide bonds. The van der Waals surface area contributed by atoms with Crippen molar-refractivity contribution in [3.8, 4) is 112 Å². The molecule has 0 saturated carbocycles. The standard InChI is InChI=1S/C88H57N5/c1-6-25-57(26-7-1)60-45-47-63(48-46-60)86-89-87(66-52-64(58-27-8-2-9-28-58)51-65(53-66)59-29-10-3-11-30-59)91-88(90-86)67-54-77(61-31-12-4-13-32-61)85(78(55-67)62-33-14-5-15-34-62)93-81-44-24-41-76(83-73-39-18-16-35-69(73)70-36-17-19-40-74(70)83)84(81)75-50-49-68(56-82(75)93)92-79-42-22-20-37-71(79)72-38-21-23-43-80(72)92/h1-56,83H. The average Bonchev–Trinajstić information content (AvgIpc) is 1.54. The van der Waals surface area contributed by atoms with Gasteiger partial charge < -0.3 is 9.13 Å². The Morgan fingerprint density at radius 3 is 1.13 bits per heavy atom. The summed E-state index contributed by atoms with van der Waals surface area (Å²) in [7, 11) is 0. The second-order valence-electron chi connectivity index (χ2n) is 24.2. The van der Waals surface area contributed by atoms with Crippen molar-refractivity contribution < 1.29 is 0 Å². The smallest absolute Gasteiger partial charge is 0.164 e. The second-order valence-corrected chi connectivity index (χ2v) is 24.2. The molecule has 93 heavy (non-hydrogen) atoms. The van der Waals surface area contributed by atoms with E-state index in [2.05, 4.69) is 349 Å². The van der Waals surface area contributed by atoms with Crippen molar-refractivity contribution in [2.75, 3.05) is 0 Å². The van der Waals surface area contributed by atoms with Gasteiger partial charge in [0.2, 0.25) is 0 Å². The van der Waals surface area contributed by atoms with Crippen molar-refractivity contribution in [1.29, 1.82) is 0 Å². The fourth-order valence-corrected chi connectivity index (χ4v) is 14.6. The maximum atomic E-state index is 5.65. The molecule has 0 unspecified atom stereocenters. The van der Waals surface area contributed by atoms with Gasteiger partial charge in [-0.1, -0.05) is 279 Å². The predicted octanol–water partition coefficient (Wildman–Crippen LogP) is 22.6. The van der Waals surface area contributed by atoms with E-state index in [1.165, 1.54) is 49.4 Å². The zero-order valence-electron chi connectivity index (χ0n) is 50.6. The van der Waals surface area contributed by atoms with Crippen LogP contribution in [0.4, 0.5) is 0 Å². The molecule has 0 spiro atoms. The molecule has 3 heterocycles. The average molecular weight is 1180 g/mol. The first kappa shape index (κ1) is 53.7. The Morgan fingerprint density at radius 1 is 0.215 bits per heavy atom. The molecule has 17 aromatic rings. The van der Waals surface area contributed by atoms with Crippen molar-refractivity contribution in [1.82, 2.24) is 24.1 Å². The summed E-state index contributed by atoms with van der Waals surface area (Å²) >= 11 is 0. The first-order chi connectivity index (χ1) is 46.1. The molecule has 3 aromatic heterocycles. The lowest BCUT2D eigenvalue weighted by Gasteiger charge is -2.22. The van der Waals surface area contributed by atoms with Crippen LogP contribution >= 0.6 is 0 Å². The van der Waals surface area contributed by atoms with Gasteiger partial charge in [0.25, 0.3) is 0 Å². The third-order valence-corrected chi connectivity index (χ3v) is 18.8. The van der Waals surface area contributed by atoms with Gasteiger partial charge in [-0.05, 0) is 133 Å². The number of aromatic nitrogens is 5. The Kier molecular flexibility index (Phi) is 12.9. The molecule has 0 saturated heterocycles. The number of hydrogen-bond donors (Lipinski definition) is 0. The van der Waals surface area contributed by atoms with Crippen LogP contribution in [0.1, 0.15) is 22.6 Å². The number of nitrogens with zero attached hydrogens (tertiary/aromatic N) is 5. The van der Waals surface area contributed by atoms with Gasteiger partial charge in [-0.25, -0.2) is 15.0 Å². The zero-order chi connectivity index (χ0) is 61.3. The molecule has 1 aliphatic rings. The quantitative estimate of drug-likeness (QED) is 0.130. The maximum absolute atomic E-state index is 5.65. The Labute approximate surface area is 539 Å². The lowest BCUT2D eigenvalue weighted by molar-refractivity contribution is 1.03. The van der Waals surface area contributed by atoms with Crippen molar-refractivity contribution >= 4 is 43.6 Å². The third-order valence-electron chi connectivity index (χ3n) is 18.8. The number of rotatable bonds is 11. The summed E-state index contributed by atoms with van der Waals surface area (Å²) in [6, 6.07) is 123. The normalized spacial score (nSPS) is 12.0. The van der Waals surface area contributed by atoms with Crippen LogP contribution in [0.3, 0.4) is 0 Å². The molecule has 5 nitrogen and oxygen atoms in total. The monoisotopic (exact) mass is 1180 g/mol. The highest BCUT2D eigenvalue weighted by molar-refractivity contribution is 6.15. The lowest BCUT2D eigenvalue weighted by atomic mass is 9.86. The SMILES string of the molecule is c1ccc(-c2ccc(-c3nc(-c4cc(-c5ccccc5)cc(-c5ccccc5)c4)nc(-c4cc(-c5ccccc5)c(-n5c6cc(-n7c8ccccc8c8ccccc87)ccc6c6c(C7c8ccccc8-c8ccccc87)cccc65)c(-c5ccccc5)c4)n3)cc2)cc1. The Bertz CT molecular complexity index is 5500. The molecule has 1 aliphatic carbocycles. The van der Waals surface area contributed by atoms with E-state index < -0.39 is 0 Å². The molecular weight excluding hydrogens is 1130 g/mol. The van der Waals surface area contributed by atoms with Gasteiger partial charge in [-0.15, -0.1) is 0 Å². The molecule has 0 aliphatic heterocycles. The van der Waals surface area contributed by atoms with Crippen LogP contribution in [0.25, 0.3) is 156 Å². The van der Waals surface area contributed by atoms with E-state index in [1.807, 2.05) is 0 Å². The highest BCUT2D eigenvalue weighted by atomic mass is 15.0. The van der Waals surface area contributed by atoms with Crippen LogP contribution in [0.15, 0.2) is 340 Å². The summed E-state index contributed by atoms with van der Waals surface area (Å²) in [5.74, 6) is 1.72. The summed E-state index contributed by atoms with van der Waals surface area (Å²) in [5, 5.41) is 4.83. The molecule has 0 atom stereocenters. The minimum atomic E-state index is 0.000608. The molecule has 14 aromatic carbocycles. The first-order valence-electron chi connectivity index (χ1n) is 31.9. The van der Waals surface area contributed by atoms with Gasteiger partial charge in [0.15, 0.2) is 17.5 Å². The van der Waals surface area contributed by atoms with Crippen molar-refractivity contribution in [2.45, 2.75) is 5.92 Å². The van der Waals surface area contributed by atoms with Crippen molar-refractivity contribution in [3.05, 3.63) is 356 Å². The highest BCUT2D eigenvalue weighted by Crippen LogP contribution is 2.52. The van der Waals surface area contributed by atoms with Gasteiger partial charge in [0.1, 0.15) is 0 Å². The van der Waals surface area contributed by atoms with Crippen molar-refractivity contribution in [3.63, 3.8) is 0 Å². The van der Waals surface area contributed by atoms with E-state index in [9.17, 15) is 0 Å². The van der Waals surface area contributed by atoms with E-state index in [1.54, 1.807) is 0 Å². The highest BCUT2D eigenvalue weighted by Gasteiger charge is 2.33. The van der Waals surface area contributed by atoms with Crippen LogP contribution in [-0.2, 0) is 0 Å². The molecule has 434 valence electrons. The maximum Gasteiger partial charge on any atom is 0.164 e. The first-order valence-corrected chi connectivity index (χ1v) is 31.9. The van der Waals surface area contributed by atoms with Gasteiger partial charge in [0, 0.05) is 61.0 Å². The Morgan fingerprint density at radius 2 is 0.602 bits per heavy atom. The second kappa shape index (κ2) is 22.3. The number of fused-ring (bicyclic) bond motifs is 9. The molecular formula is C88H57N5.